The number of thioether (sulfide) groups is 1. The third-order valence-corrected chi connectivity index (χ3v) is 5.58. The van der Waals surface area contributed by atoms with Gasteiger partial charge < -0.3 is 15.0 Å². The van der Waals surface area contributed by atoms with E-state index >= 15 is 0 Å². The highest BCUT2D eigenvalue weighted by Crippen LogP contribution is 2.27. The van der Waals surface area contributed by atoms with Gasteiger partial charge in [-0.2, -0.15) is 0 Å². The minimum atomic E-state index is -0.173. The Bertz CT molecular complexity index is 718. The van der Waals surface area contributed by atoms with Crippen molar-refractivity contribution < 1.29 is 9.53 Å². The first kappa shape index (κ1) is 18.3. The van der Waals surface area contributed by atoms with Crippen LogP contribution in [0.4, 0.5) is 11.4 Å². The highest BCUT2D eigenvalue weighted by Gasteiger charge is 2.15. The van der Waals surface area contributed by atoms with Crippen molar-refractivity contribution in [2.75, 3.05) is 36.5 Å². The number of carbonyl (C=O) groups excluding carboxylic acids is 1. The Morgan fingerprint density at radius 2 is 1.92 bits per heavy atom. The number of carbonyl (C=O) groups is 1. The van der Waals surface area contributed by atoms with E-state index in [9.17, 15) is 4.79 Å². The summed E-state index contributed by atoms with van der Waals surface area (Å²) in [6.45, 7) is 5.27. The number of amides is 1. The van der Waals surface area contributed by atoms with Crippen LogP contribution in [-0.4, -0.2) is 37.5 Å². The van der Waals surface area contributed by atoms with Crippen LogP contribution in [-0.2, 0) is 9.53 Å². The van der Waals surface area contributed by atoms with E-state index in [2.05, 4.69) is 26.1 Å². The van der Waals surface area contributed by atoms with Gasteiger partial charge in [-0.3, -0.25) is 4.79 Å². The molecule has 1 atom stereocenters. The molecule has 0 aliphatic carbocycles. The Kier molecular flexibility index (Phi) is 6.39. The zero-order chi connectivity index (χ0) is 17.6. The Morgan fingerprint density at radius 3 is 2.60 bits per heavy atom. The summed E-state index contributed by atoms with van der Waals surface area (Å²) in [5.74, 6) is 0.00379. The topological polar surface area (TPSA) is 41.6 Å². The first-order chi connectivity index (χ1) is 12.1. The molecule has 0 spiro atoms. The lowest BCUT2D eigenvalue weighted by Gasteiger charge is -2.28. The van der Waals surface area contributed by atoms with Crippen LogP contribution in [0, 0.1) is 0 Å². The molecule has 1 aliphatic heterocycles. The molecule has 132 valence electrons. The van der Waals surface area contributed by atoms with Crippen molar-refractivity contribution in [2.45, 2.75) is 17.1 Å². The molecule has 2 aromatic carbocycles. The number of anilines is 2. The summed E-state index contributed by atoms with van der Waals surface area (Å²) in [6, 6.07) is 16.0. The highest BCUT2D eigenvalue weighted by molar-refractivity contribution is 9.10. The van der Waals surface area contributed by atoms with Gasteiger partial charge >= 0.3 is 0 Å². The van der Waals surface area contributed by atoms with E-state index in [4.69, 9.17) is 4.74 Å². The van der Waals surface area contributed by atoms with Crippen LogP contribution in [0.3, 0.4) is 0 Å². The molecule has 0 saturated carbocycles. The smallest absolute Gasteiger partial charge is 0.237 e. The second-order valence-electron chi connectivity index (χ2n) is 5.85. The van der Waals surface area contributed by atoms with Crippen LogP contribution in [0.5, 0.6) is 0 Å². The van der Waals surface area contributed by atoms with E-state index in [1.54, 1.807) is 11.8 Å². The third-order valence-electron chi connectivity index (χ3n) is 3.99. The molecular weight excluding hydrogens is 400 g/mol. The van der Waals surface area contributed by atoms with E-state index in [-0.39, 0.29) is 11.2 Å². The maximum Gasteiger partial charge on any atom is 0.237 e. The zero-order valence-electron chi connectivity index (χ0n) is 14.1. The van der Waals surface area contributed by atoms with E-state index in [0.29, 0.717) is 0 Å². The number of nitrogens with one attached hydrogen (secondary N) is 1. The zero-order valence-corrected chi connectivity index (χ0v) is 16.5. The summed E-state index contributed by atoms with van der Waals surface area (Å²) >= 11 is 5.00. The summed E-state index contributed by atoms with van der Waals surface area (Å²) in [5.41, 5.74) is 1.99. The molecule has 2 aromatic rings. The molecule has 25 heavy (non-hydrogen) atoms. The molecule has 1 aliphatic rings. The number of hydrogen-bond donors (Lipinski definition) is 1. The lowest BCUT2D eigenvalue weighted by molar-refractivity contribution is -0.115. The van der Waals surface area contributed by atoms with Crippen molar-refractivity contribution in [1.82, 2.24) is 0 Å². The molecule has 0 radical (unpaired) electrons. The van der Waals surface area contributed by atoms with Gasteiger partial charge in [0.1, 0.15) is 0 Å². The second kappa shape index (κ2) is 8.74. The van der Waals surface area contributed by atoms with Crippen molar-refractivity contribution in [1.29, 1.82) is 0 Å². The first-order valence-electron chi connectivity index (χ1n) is 8.28. The third kappa shape index (κ3) is 5.23. The number of nitrogens with zero attached hydrogens (tertiary/aromatic N) is 1. The summed E-state index contributed by atoms with van der Waals surface area (Å²) in [5, 5.41) is 2.82. The SMILES string of the molecule is CC(Sc1cccc(Br)c1)C(=O)Nc1ccc(N2CCOCC2)cc1. The van der Waals surface area contributed by atoms with Gasteiger partial charge in [-0.25, -0.2) is 0 Å². The first-order valence-corrected chi connectivity index (χ1v) is 9.95. The molecule has 1 heterocycles. The molecule has 0 aromatic heterocycles. The van der Waals surface area contributed by atoms with Gasteiger partial charge in [-0.1, -0.05) is 22.0 Å². The fraction of sp³-hybridized carbons (Fsp3) is 0.316. The molecule has 3 rings (SSSR count). The largest absolute Gasteiger partial charge is 0.378 e. The molecule has 6 heteroatoms. The monoisotopic (exact) mass is 420 g/mol. The molecule has 4 nitrogen and oxygen atoms in total. The Balaban J connectivity index is 1.56. The maximum absolute atomic E-state index is 12.4. The molecular formula is C19H21BrN2O2S. The Labute approximate surface area is 161 Å². The number of morpholine rings is 1. The number of rotatable bonds is 5. The molecule has 0 bridgehead atoms. The Hall–Kier alpha value is -1.50. The van der Waals surface area contributed by atoms with Crippen molar-refractivity contribution >= 4 is 45.0 Å². The van der Waals surface area contributed by atoms with Crippen LogP contribution in [0.25, 0.3) is 0 Å². The van der Waals surface area contributed by atoms with Gasteiger partial charge in [0.2, 0.25) is 5.91 Å². The van der Waals surface area contributed by atoms with Crippen molar-refractivity contribution in [3.63, 3.8) is 0 Å². The fourth-order valence-electron chi connectivity index (χ4n) is 2.62. The number of benzene rings is 2. The average molecular weight is 421 g/mol. The maximum atomic E-state index is 12.4. The summed E-state index contributed by atoms with van der Waals surface area (Å²) < 4.78 is 6.39. The van der Waals surface area contributed by atoms with Crippen LogP contribution in [0.15, 0.2) is 57.9 Å². The molecule has 1 amide bonds. The standard InChI is InChI=1S/C19H21BrN2O2S/c1-14(25-18-4-2-3-15(20)13-18)19(23)21-16-5-7-17(8-6-16)22-9-11-24-12-10-22/h2-8,13-14H,9-12H2,1H3,(H,21,23). The van der Waals surface area contributed by atoms with Crippen LogP contribution >= 0.6 is 27.7 Å². The normalized spacial score (nSPS) is 15.7. The number of halogens is 1. The van der Waals surface area contributed by atoms with Gasteiger partial charge in [0, 0.05) is 33.8 Å². The van der Waals surface area contributed by atoms with Gasteiger partial charge in [-0.05, 0) is 49.4 Å². The van der Waals surface area contributed by atoms with E-state index in [1.807, 2.05) is 55.5 Å². The molecule has 1 N–H and O–H groups in total. The van der Waals surface area contributed by atoms with Gasteiger partial charge in [-0.15, -0.1) is 11.8 Å². The summed E-state index contributed by atoms with van der Waals surface area (Å²) in [7, 11) is 0. The van der Waals surface area contributed by atoms with Gasteiger partial charge in [0.05, 0.1) is 18.5 Å². The highest BCUT2D eigenvalue weighted by atomic mass is 79.9. The molecule has 1 saturated heterocycles. The van der Waals surface area contributed by atoms with E-state index in [1.165, 1.54) is 0 Å². The lowest BCUT2D eigenvalue weighted by atomic mass is 10.2. The fourth-order valence-corrected chi connectivity index (χ4v) is 4.10. The Morgan fingerprint density at radius 1 is 1.20 bits per heavy atom. The van der Waals surface area contributed by atoms with E-state index < -0.39 is 0 Å². The van der Waals surface area contributed by atoms with Crippen LogP contribution < -0.4 is 10.2 Å². The summed E-state index contributed by atoms with van der Waals surface area (Å²) in [4.78, 5) is 15.8. The predicted octanol–water partition coefficient (Wildman–Crippen LogP) is 4.41. The minimum Gasteiger partial charge on any atom is -0.378 e. The summed E-state index contributed by atoms with van der Waals surface area (Å²) in [6.07, 6.45) is 0. The molecule has 1 unspecified atom stereocenters. The quantitative estimate of drug-likeness (QED) is 0.727. The molecule has 1 fully saturated rings. The van der Waals surface area contributed by atoms with Crippen LogP contribution in [0.2, 0.25) is 0 Å². The van der Waals surface area contributed by atoms with Gasteiger partial charge in [0.25, 0.3) is 0 Å². The van der Waals surface area contributed by atoms with Crippen molar-refractivity contribution in [3.05, 3.63) is 53.0 Å². The van der Waals surface area contributed by atoms with Gasteiger partial charge in [0.15, 0.2) is 0 Å². The van der Waals surface area contributed by atoms with E-state index in [0.717, 1.165) is 47.0 Å². The number of ether oxygens (including phenoxy) is 1. The number of hydrogen-bond acceptors (Lipinski definition) is 4. The predicted molar refractivity (Wildman–Crippen MR) is 108 cm³/mol. The second-order valence-corrected chi connectivity index (χ2v) is 8.18. The lowest BCUT2D eigenvalue weighted by Crippen LogP contribution is -2.36. The minimum absolute atomic E-state index is 0.00379. The van der Waals surface area contributed by atoms with Crippen molar-refractivity contribution in [3.8, 4) is 0 Å². The average Bonchev–Trinajstić information content (AvgIpc) is 2.63. The van der Waals surface area contributed by atoms with Crippen LogP contribution in [0.1, 0.15) is 6.92 Å². The van der Waals surface area contributed by atoms with Crippen molar-refractivity contribution in [2.24, 2.45) is 0 Å².